The number of rotatable bonds is 8. The van der Waals surface area contributed by atoms with E-state index in [9.17, 15) is 8.42 Å². The van der Waals surface area contributed by atoms with Gasteiger partial charge in [0, 0.05) is 18.7 Å². The highest BCUT2D eigenvalue weighted by Crippen LogP contribution is 2.36. The van der Waals surface area contributed by atoms with Crippen LogP contribution in [0.1, 0.15) is 24.4 Å². The Kier molecular flexibility index (Phi) is 6.03. The van der Waals surface area contributed by atoms with Crippen molar-refractivity contribution in [2.45, 2.75) is 23.8 Å². The average Bonchev–Trinajstić information content (AvgIpc) is 3.45. The Hall–Kier alpha value is -2.49. The van der Waals surface area contributed by atoms with E-state index < -0.39 is 10.0 Å². The Morgan fingerprint density at radius 3 is 2.53 bits per heavy atom. The Morgan fingerprint density at radius 2 is 1.80 bits per heavy atom. The quantitative estimate of drug-likeness (QED) is 0.683. The van der Waals surface area contributed by atoms with Gasteiger partial charge < -0.3 is 18.9 Å². The van der Waals surface area contributed by atoms with Gasteiger partial charge in [-0.05, 0) is 55.8 Å². The molecule has 0 aromatic heterocycles. The molecule has 0 spiro atoms. The van der Waals surface area contributed by atoms with Crippen LogP contribution in [0.25, 0.3) is 0 Å². The summed E-state index contributed by atoms with van der Waals surface area (Å²) in [6.07, 6.45) is 2.19. The summed E-state index contributed by atoms with van der Waals surface area (Å²) in [4.78, 5) is 2.35. The Morgan fingerprint density at radius 1 is 1.03 bits per heavy atom. The number of benzene rings is 2. The third-order valence-corrected chi connectivity index (χ3v) is 6.93. The van der Waals surface area contributed by atoms with Gasteiger partial charge in [-0.3, -0.25) is 4.90 Å². The second-order valence-electron chi connectivity index (χ2n) is 7.24. The molecule has 2 aliphatic heterocycles. The number of sulfonamides is 1. The summed E-state index contributed by atoms with van der Waals surface area (Å²) < 4.78 is 50.3. The van der Waals surface area contributed by atoms with E-state index in [1.165, 1.54) is 20.3 Å². The van der Waals surface area contributed by atoms with E-state index in [1.807, 2.05) is 18.2 Å². The summed E-state index contributed by atoms with van der Waals surface area (Å²) in [5.74, 6) is 2.11. The van der Waals surface area contributed by atoms with Gasteiger partial charge in [0.25, 0.3) is 0 Å². The van der Waals surface area contributed by atoms with E-state index >= 15 is 0 Å². The molecule has 0 unspecified atom stereocenters. The minimum absolute atomic E-state index is 0.0511. The molecule has 8 nitrogen and oxygen atoms in total. The standard InChI is InChI=1S/C21H26N2O6S/c1-26-16-6-8-19(27-2)21(12-16)30(24,25)22-13-17(23-9-3-4-10-23)15-5-7-18-20(11-15)29-14-28-18/h5-8,11-12,17,22H,3-4,9-10,13-14H2,1-2H3/t17-/m1/s1. The van der Waals surface area contributed by atoms with Gasteiger partial charge in [-0.1, -0.05) is 6.07 Å². The summed E-state index contributed by atoms with van der Waals surface area (Å²) >= 11 is 0. The molecular weight excluding hydrogens is 408 g/mol. The molecule has 4 rings (SSSR count). The van der Waals surface area contributed by atoms with Crippen molar-refractivity contribution in [1.82, 2.24) is 9.62 Å². The van der Waals surface area contributed by atoms with Gasteiger partial charge in [0.15, 0.2) is 11.5 Å². The zero-order chi connectivity index (χ0) is 21.1. The van der Waals surface area contributed by atoms with Crippen LogP contribution in [0.2, 0.25) is 0 Å². The highest BCUT2D eigenvalue weighted by Gasteiger charge is 2.28. The number of likely N-dealkylation sites (tertiary alicyclic amines) is 1. The zero-order valence-electron chi connectivity index (χ0n) is 17.1. The number of nitrogens with one attached hydrogen (secondary N) is 1. The van der Waals surface area contributed by atoms with Crippen molar-refractivity contribution < 1.29 is 27.4 Å². The molecule has 30 heavy (non-hydrogen) atoms. The van der Waals surface area contributed by atoms with Crippen LogP contribution in [0, 0.1) is 0 Å². The number of nitrogens with zero attached hydrogens (tertiary/aromatic N) is 1. The molecule has 2 aliphatic rings. The number of ether oxygens (including phenoxy) is 4. The van der Waals surface area contributed by atoms with Gasteiger partial charge in [0.05, 0.1) is 14.2 Å². The third kappa shape index (κ3) is 4.19. The highest BCUT2D eigenvalue weighted by atomic mass is 32.2. The maximum atomic E-state index is 13.1. The first-order chi connectivity index (χ1) is 14.5. The fraction of sp³-hybridized carbons (Fsp3) is 0.429. The molecule has 1 fully saturated rings. The summed E-state index contributed by atoms with van der Waals surface area (Å²) in [5.41, 5.74) is 0.987. The largest absolute Gasteiger partial charge is 0.497 e. The van der Waals surface area contributed by atoms with Crippen LogP contribution in [-0.2, 0) is 10.0 Å². The van der Waals surface area contributed by atoms with Gasteiger partial charge in [-0.25, -0.2) is 13.1 Å². The first-order valence-corrected chi connectivity index (χ1v) is 11.4. The number of methoxy groups -OCH3 is 2. The Labute approximate surface area is 176 Å². The molecule has 2 heterocycles. The maximum Gasteiger partial charge on any atom is 0.244 e. The Bertz CT molecular complexity index is 1000. The molecule has 0 amide bonds. The number of hydrogen-bond acceptors (Lipinski definition) is 7. The lowest BCUT2D eigenvalue weighted by Gasteiger charge is -2.28. The van der Waals surface area contributed by atoms with Crippen molar-refractivity contribution in [2.75, 3.05) is 40.6 Å². The van der Waals surface area contributed by atoms with Crippen molar-refractivity contribution in [3.8, 4) is 23.0 Å². The third-order valence-electron chi connectivity index (χ3n) is 5.49. The molecule has 0 bridgehead atoms. The SMILES string of the molecule is COc1ccc(OC)c(S(=O)(=O)NC[C@H](c2ccc3c(c2)OCO3)N2CCCC2)c1. The smallest absolute Gasteiger partial charge is 0.244 e. The highest BCUT2D eigenvalue weighted by molar-refractivity contribution is 7.89. The van der Waals surface area contributed by atoms with Gasteiger partial charge in [0.1, 0.15) is 16.4 Å². The molecule has 0 saturated carbocycles. The van der Waals surface area contributed by atoms with E-state index in [0.29, 0.717) is 17.2 Å². The van der Waals surface area contributed by atoms with Crippen molar-refractivity contribution in [2.24, 2.45) is 0 Å². The van der Waals surface area contributed by atoms with Crippen LogP contribution in [0.4, 0.5) is 0 Å². The summed E-state index contributed by atoms with van der Waals surface area (Å²) in [6, 6.07) is 10.4. The fourth-order valence-electron chi connectivity index (χ4n) is 3.89. The van der Waals surface area contributed by atoms with E-state index in [4.69, 9.17) is 18.9 Å². The molecule has 162 valence electrons. The summed E-state index contributed by atoms with van der Waals surface area (Å²) in [5, 5.41) is 0. The summed E-state index contributed by atoms with van der Waals surface area (Å²) in [7, 11) is -0.878. The van der Waals surface area contributed by atoms with Crippen LogP contribution >= 0.6 is 0 Å². The zero-order valence-corrected chi connectivity index (χ0v) is 17.9. The van der Waals surface area contributed by atoms with E-state index in [1.54, 1.807) is 12.1 Å². The second kappa shape index (κ2) is 8.71. The number of hydrogen-bond donors (Lipinski definition) is 1. The molecule has 0 radical (unpaired) electrons. The van der Waals surface area contributed by atoms with Crippen LogP contribution in [0.15, 0.2) is 41.3 Å². The van der Waals surface area contributed by atoms with Crippen LogP contribution in [0.3, 0.4) is 0 Å². The lowest BCUT2D eigenvalue weighted by molar-refractivity contribution is 0.173. The molecule has 2 aromatic carbocycles. The van der Waals surface area contributed by atoms with E-state index in [2.05, 4.69) is 9.62 Å². The normalized spacial score (nSPS) is 17.1. The fourth-order valence-corrected chi connectivity index (χ4v) is 5.11. The molecule has 2 aromatic rings. The van der Waals surface area contributed by atoms with Gasteiger partial charge in [-0.2, -0.15) is 0 Å². The average molecular weight is 435 g/mol. The topological polar surface area (TPSA) is 86.3 Å². The molecule has 1 saturated heterocycles. The van der Waals surface area contributed by atoms with Crippen LogP contribution in [-0.4, -0.2) is 54.0 Å². The van der Waals surface area contributed by atoms with E-state index in [0.717, 1.165) is 31.5 Å². The Balaban J connectivity index is 1.59. The minimum atomic E-state index is -3.82. The van der Waals surface area contributed by atoms with Gasteiger partial charge >= 0.3 is 0 Å². The number of fused-ring (bicyclic) bond motifs is 1. The van der Waals surface area contributed by atoms with Crippen molar-refractivity contribution in [3.05, 3.63) is 42.0 Å². The van der Waals surface area contributed by atoms with E-state index in [-0.39, 0.29) is 30.0 Å². The van der Waals surface area contributed by atoms with Crippen LogP contribution < -0.4 is 23.7 Å². The van der Waals surface area contributed by atoms with Crippen molar-refractivity contribution in [1.29, 1.82) is 0 Å². The molecule has 0 aliphatic carbocycles. The van der Waals surface area contributed by atoms with Crippen LogP contribution in [0.5, 0.6) is 23.0 Å². The van der Waals surface area contributed by atoms with Gasteiger partial charge in [0.2, 0.25) is 16.8 Å². The molecule has 1 N–H and O–H groups in total. The second-order valence-corrected chi connectivity index (χ2v) is 8.98. The predicted octanol–water partition coefficient (Wildman–Crippen LogP) is 2.55. The maximum absolute atomic E-state index is 13.1. The van der Waals surface area contributed by atoms with Crippen molar-refractivity contribution in [3.63, 3.8) is 0 Å². The predicted molar refractivity (Wildman–Crippen MR) is 111 cm³/mol. The molecular formula is C21H26N2O6S. The lowest BCUT2D eigenvalue weighted by atomic mass is 10.1. The molecule has 1 atom stereocenters. The van der Waals surface area contributed by atoms with Crippen molar-refractivity contribution >= 4 is 10.0 Å². The monoisotopic (exact) mass is 434 g/mol. The first-order valence-electron chi connectivity index (χ1n) is 9.87. The van der Waals surface area contributed by atoms with Gasteiger partial charge in [-0.15, -0.1) is 0 Å². The lowest BCUT2D eigenvalue weighted by Crippen LogP contribution is -2.36. The minimum Gasteiger partial charge on any atom is -0.497 e. The molecule has 9 heteroatoms. The first kappa shape index (κ1) is 20.8. The summed E-state index contributed by atoms with van der Waals surface area (Å²) in [6.45, 7) is 2.27.